The lowest BCUT2D eigenvalue weighted by molar-refractivity contribution is 0.0375. The summed E-state index contributed by atoms with van der Waals surface area (Å²) in [4.78, 5) is 4.71. The molecule has 1 heterocycles. The van der Waals surface area contributed by atoms with Crippen molar-refractivity contribution in [2.75, 3.05) is 46.9 Å². The number of benzene rings is 1. The van der Waals surface area contributed by atoms with E-state index >= 15 is 0 Å². The van der Waals surface area contributed by atoms with Crippen LogP contribution in [0, 0.1) is 0 Å². The van der Waals surface area contributed by atoms with E-state index in [1.165, 1.54) is 30.5 Å². The molecule has 1 aliphatic rings. The van der Waals surface area contributed by atoms with Crippen molar-refractivity contribution in [2.45, 2.75) is 19.4 Å². The zero-order chi connectivity index (χ0) is 13.5. The standard InChI is InChI=1S/C16H26N2O/c1-17(2)14-16-7-5-15(6-8-16)4-3-9-18-10-12-19-13-11-18/h5-8H,3-4,9-14H2,1-2H3. The monoisotopic (exact) mass is 262 g/mol. The van der Waals surface area contributed by atoms with Crippen molar-refractivity contribution in [3.63, 3.8) is 0 Å². The maximum Gasteiger partial charge on any atom is 0.0594 e. The maximum absolute atomic E-state index is 5.36. The molecule has 3 heteroatoms. The third kappa shape index (κ3) is 5.31. The third-order valence-electron chi connectivity index (χ3n) is 3.57. The average molecular weight is 262 g/mol. The lowest BCUT2D eigenvalue weighted by Crippen LogP contribution is -2.36. The van der Waals surface area contributed by atoms with Crippen LogP contribution in [-0.4, -0.2) is 56.7 Å². The Balaban J connectivity index is 1.70. The number of nitrogens with zero attached hydrogens (tertiary/aromatic N) is 2. The molecule has 0 atom stereocenters. The summed E-state index contributed by atoms with van der Waals surface area (Å²) in [6, 6.07) is 9.06. The summed E-state index contributed by atoms with van der Waals surface area (Å²) in [5.41, 5.74) is 2.85. The van der Waals surface area contributed by atoms with Gasteiger partial charge in [0.05, 0.1) is 13.2 Å². The third-order valence-corrected chi connectivity index (χ3v) is 3.57. The molecule has 106 valence electrons. The van der Waals surface area contributed by atoms with E-state index in [1.807, 2.05) is 0 Å². The Hall–Kier alpha value is -0.900. The minimum Gasteiger partial charge on any atom is -0.379 e. The zero-order valence-electron chi connectivity index (χ0n) is 12.3. The van der Waals surface area contributed by atoms with Gasteiger partial charge >= 0.3 is 0 Å². The summed E-state index contributed by atoms with van der Waals surface area (Å²) in [6.45, 7) is 6.22. The number of morpholine rings is 1. The summed E-state index contributed by atoms with van der Waals surface area (Å²) in [6.07, 6.45) is 2.42. The molecule has 1 fully saturated rings. The Kier molecular flexibility index (Phi) is 5.83. The molecule has 0 aromatic heterocycles. The summed E-state index contributed by atoms with van der Waals surface area (Å²) >= 11 is 0. The molecule has 2 rings (SSSR count). The topological polar surface area (TPSA) is 15.7 Å². The van der Waals surface area contributed by atoms with Crippen LogP contribution in [-0.2, 0) is 17.7 Å². The normalized spacial score (nSPS) is 17.0. The number of hydrogen-bond acceptors (Lipinski definition) is 3. The van der Waals surface area contributed by atoms with Crippen molar-refractivity contribution in [1.29, 1.82) is 0 Å². The van der Waals surface area contributed by atoms with E-state index in [0.717, 1.165) is 32.8 Å². The highest BCUT2D eigenvalue weighted by atomic mass is 16.5. The van der Waals surface area contributed by atoms with Crippen LogP contribution in [0.1, 0.15) is 17.5 Å². The minimum absolute atomic E-state index is 0.902. The molecule has 1 aliphatic heterocycles. The molecule has 1 aromatic rings. The molecule has 1 saturated heterocycles. The predicted octanol–water partition coefficient (Wildman–Crippen LogP) is 2.01. The first kappa shape index (κ1) is 14.5. The van der Waals surface area contributed by atoms with Gasteiger partial charge in [-0.1, -0.05) is 24.3 Å². The van der Waals surface area contributed by atoms with Gasteiger partial charge in [-0.2, -0.15) is 0 Å². The van der Waals surface area contributed by atoms with E-state index in [-0.39, 0.29) is 0 Å². The van der Waals surface area contributed by atoms with Crippen LogP contribution >= 0.6 is 0 Å². The molecule has 0 radical (unpaired) electrons. The highest BCUT2D eigenvalue weighted by molar-refractivity contribution is 5.22. The summed E-state index contributed by atoms with van der Waals surface area (Å²) < 4.78 is 5.36. The predicted molar refractivity (Wildman–Crippen MR) is 79.4 cm³/mol. The molecular formula is C16H26N2O. The van der Waals surface area contributed by atoms with Crippen molar-refractivity contribution < 1.29 is 4.74 Å². The molecule has 19 heavy (non-hydrogen) atoms. The molecule has 3 nitrogen and oxygen atoms in total. The van der Waals surface area contributed by atoms with E-state index in [2.05, 4.69) is 48.2 Å². The fourth-order valence-corrected chi connectivity index (χ4v) is 2.51. The quantitative estimate of drug-likeness (QED) is 0.780. The Bertz CT molecular complexity index is 356. The lowest BCUT2D eigenvalue weighted by atomic mass is 10.1. The van der Waals surface area contributed by atoms with Crippen LogP contribution in [0.25, 0.3) is 0 Å². The van der Waals surface area contributed by atoms with Crippen LogP contribution in [0.5, 0.6) is 0 Å². The van der Waals surface area contributed by atoms with Crippen molar-refractivity contribution in [3.05, 3.63) is 35.4 Å². The second-order valence-electron chi connectivity index (χ2n) is 5.61. The van der Waals surface area contributed by atoms with Crippen LogP contribution in [0.15, 0.2) is 24.3 Å². The van der Waals surface area contributed by atoms with E-state index < -0.39 is 0 Å². The smallest absolute Gasteiger partial charge is 0.0594 e. The van der Waals surface area contributed by atoms with Gasteiger partial charge in [0.2, 0.25) is 0 Å². The molecule has 0 saturated carbocycles. The molecule has 0 bridgehead atoms. The van der Waals surface area contributed by atoms with Crippen LogP contribution in [0.4, 0.5) is 0 Å². The van der Waals surface area contributed by atoms with E-state index in [9.17, 15) is 0 Å². The second-order valence-corrected chi connectivity index (χ2v) is 5.61. The zero-order valence-corrected chi connectivity index (χ0v) is 12.3. The van der Waals surface area contributed by atoms with Gasteiger partial charge in [-0.3, -0.25) is 4.90 Å². The van der Waals surface area contributed by atoms with Crippen molar-refractivity contribution in [2.24, 2.45) is 0 Å². The fourth-order valence-electron chi connectivity index (χ4n) is 2.51. The van der Waals surface area contributed by atoms with Crippen molar-refractivity contribution in [3.8, 4) is 0 Å². The fraction of sp³-hybridized carbons (Fsp3) is 0.625. The highest BCUT2D eigenvalue weighted by Gasteiger charge is 2.09. The molecule has 0 amide bonds. The van der Waals surface area contributed by atoms with Gasteiger partial charge < -0.3 is 9.64 Å². The molecule has 0 N–H and O–H groups in total. The van der Waals surface area contributed by atoms with Gasteiger partial charge in [0.15, 0.2) is 0 Å². The average Bonchev–Trinajstić information content (AvgIpc) is 2.41. The molecular weight excluding hydrogens is 236 g/mol. The number of hydrogen-bond donors (Lipinski definition) is 0. The van der Waals surface area contributed by atoms with Gasteiger partial charge in [0, 0.05) is 19.6 Å². The van der Waals surface area contributed by atoms with Gasteiger partial charge in [0.1, 0.15) is 0 Å². The van der Waals surface area contributed by atoms with Gasteiger partial charge in [0.25, 0.3) is 0 Å². The van der Waals surface area contributed by atoms with Crippen molar-refractivity contribution >= 4 is 0 Å². The van der Waals surface area contributed by atoms with Gasteiger partial charge in [-0.05, 0) is 44.6 Å². The molecule has 0 unspecified atom stereocenters. The second kappa shape index (κ2) is 7.63. The van der Waals surface area contributed by atoms with Crippen LogP contribution < -0.4 is 0 Å². The number of rotatable bonds is 6. The highest BCUT2D eigenvalue weighted by Crippen LogP contribution is 2.09. The first-order valence-corrected chi connectivity index (χ1v) is 7.27. The van der Waals surface area contributed by atoms with E-state index in [4.69, 9.17) is 4.74 Å². The first-order chi connectivity index (χ1) is 9.24. The van der Waals surface area contributed by atoms with Crippen molar-refractivity contribution in [1.82, 2.24) is 9.80 Å². The van der Waals surface area contributed by atoms with Crippen LogP contribution in [0.3, 0.4) is 0 Å². The minimum atomic E-state index is 0.902. The van der Waals surface area contributed by atoms with Gasteiger partial charge in [-0.25, -0.2) is 0 Å². The van der Waals surface area contributed by atoms with E-state index in [0.29, 0.717) is 0 Å². The summed E-state index contributed by atoms with van der Waals surface area (Å²) in [5, 5.41) is 0. The largest absolute Gasteiger partial charge is 0.379 e. The summed E-state index contributed by atoms with van der Waals surface area (Å²) in [7, 11) is 4.21. The molecule has 0 spiro atoms. The number of ether oxygens (including phenoxy) is 1. The Morgan fingerprint density at radius 2 is 1.68 bits per heavy atom. The maximum atomic E-state index is 5.36. The molecule has 0 aliphatic carbocycles. The Morgan fingerprint density at radius 3 is 2.32 bits per heavy atom. The van der Waals surface area contributed by atoms with Crippen LogP contribution in [0.2, 0.25) is 0 Å². The Morgan fingerprint density at radius 1 is 1.05 bits per heavy atom. The lowest BCUT2D eigenvalue weighted by Gasteiger charge is -2.26. The van der Waals surface area contributed by atoms with Gasteiger partial charge in [-0.15, -0.1) is 0 Å². The summed E-state index contributed by atoms with van der Waals surface area (Å²) in [5.74, 6) is 0. The SMILES string of the molecule is CN(C)Cc1ccc(CCCN2CCOCC2)cc1. The Labute approximate surface area is 117 Å². The first-order valence-electron chi connectivity index (χ1n) is 7.27. The number of aryl methyl sites for hydroxylation is 1. The van der Waals surface area contributed by atoms with E-state index in [1.54, 1.807) is 0 Å². The molecule has 1 aromatic carbocycles.